The Bertz CT molecular complexity index is 239. The van der Waals surface area contributed by atoms with E-state index in [2.05, 4.69) is 18.7 Å². The van der Waals surface area contributed by atoms with Gasteiger partial charge in [0.1, 0.15) is 0 Å². The van der Waals surface area contributed by atoms with E-state index in [-0.39, 0.29) is 12.1 Å². The first kappa shape index (κ1) is 14.3. The molecule has 2 rings (SSSR count). The molecule has 18 heavy (non-hydrogen) atoms. The van der Waals surface area contributed by atoms with Crippen LogP contribution in [-0.4, -0.2) is 43.3 Å². The van der Waals surface area contributed by atoms with Crippen molar-refractivity contribution in [2.24, 2.45) is 17.6 Å². The number of nitrogens with zero attached hydrogens (tertiary/aromatic N) is 1. The number of nitrogens with two attached hydrogens (primary N) is 1. The molecule has 0 aromatic rings. The van der Waals surface area contributed by atoms with E-state index in [1.807, 2.05) is 0 Å². The third-order valence-corrected chi connectivity index (χ3v) is 5.07. The Balaban J connectivity index is 1.81. The van der Waals surface area contributed by atoms with Crippen molar-refractivity contribution in [3.63, 3.8) is 0 Å². The van der Waals surface area contributed by atoms with Crippen LogP contribution < -0.4 is 5.73 Å². The highest BCUT2D eigenvalue weighted by molar-refractivity contribution is 4.88. The molecule has 2 atom stereocenters. The van der Waals surface area contributed by atoms with Crippen LogP contribution >= 0.6 is 0 Å². The van der Waals surface area contributed by atoms with Gasteiger partial charge in [-0.25, -0.2) is 0 Å². The summed E-state index contributed by atoms with van der Waals surface area (Å²) in [5.41, 5.74) is 6.48. The van der Waals surface area contributed by atoms with Crippen molar-refractivity contribution in [3.05, 3.63) is 0 Å². The fourth-order valence-electron chi connectivity index (χ4n) is 3.54. The molecule has 0 aromatic carbocycles. The molecular weight excluding hydrogens is 224 g/mol. The average molecular weight is 254 g/mol. The van der Waals surface area contributed by atoms with Crippen LogP contribution in [0.1, 0.15) is 46.0 Å². The predicted molar refractivity (Wildman–Crippen MR) is 75.6 cm³/mol. The van der Waals surface area contributed by atoms with E-state index in [0.717, 1.165) is 32.2 Å². The van der Waals surface area contributed by atoms with E-state index >= 15 is 0 Å². The predicted octanol–water partition coefficient (Wildman–Crippen LogP) is 2.25. The van der Waals surface area contributed by atoms with Crippen LogP contribution in [0.3, 0.4) is 0 Å². The molecular formula is C15H30N2O. The molecule has 2 aliphatic rings. The van der Waals surface area contributed by atoms with Crippen LogP contribution in [0.4, 0.5) is 0 Å². The van der Waals surface area contributed by atoms with E-state index < -0.39 is 0 Å². The summed E-state index contributed by atoms with van der Waals surface area (Å²) in [7, 11) is 0. The summed E-state index contributed by atoms with van der Waals surface area (Å²) in [6, 6.07) is 0.247. The van der Waals surface area contributed by atoms with Crippen molar-refractivity contribution < 1.29 is 4.74 Å². The van der Waals surface area contributed by atoms with Crippen LogP contribution in [-0.2, 0) is 4.74 Å². The van der Waals surface area contributed by atoms with E-state index in [0.29, 0.717) is 5.92 Å². The minimum Gasteiger partial charge on any atom is -0.374 e. The normalized spacial score (nSPS) is 36.5. The second-order valence-electron chi connectivity index (χ2n) is 6.07. The molecule has 0 amide bonds. The molecule has 1 aliphatic heterocycles. The largest absolute Gasteiger partial charge is 0.374 e. The van der Waals surface area contributed by atoms with Crippen LogP contribution in [0.25, 0.3) is 0 Å². The van der Waals surface area contributed by atoms with Gasteiger partial charge in [-0.05, 0) is 31.2 Å². The van der Waals surface area contributed by atoms with Gasteiger partial charge in [0.05, 0.1) is 12.7 Å². The maximum Gasteiger partial charge on any atom is 0.0855 e. The molecule has 0 radical (unpaired) electrons. The highest BCUT2D eigenvalue weighted by Crippen LogP contribution is 2.33. The number of rotatable bonds is 4. The molecule has 0 bridgehead atoms. The number of likely N-dealkylation sites (N-methyl/N-ethyl adjacent to an activating group) is 1. The molecule has 3 nitrogen and oxygen atoms in total. The SMILES string of the molecule is CCC1CCC(C(N)C2CN(CC)CCO2)CC1. The van der Waals surface area contributed by atoms with Crippen molar-refractivity contribution in [1.82, 2.24) is 4.90 Å². The van der Waals surface area contributed by atoms with Gasteiger partial charge in [0, 0.05) is 19.1 Å². The van der Waals surface area contributed by atoms with E-state index in [1.165, 1.54) is 32.1 Å². The smallest absolute Gasteiger partial charge is 0.0855 e. The Labute approximate surface area is 112 Å². The Morgan fingerprint density at radius 1 is 1.22 bits per heavy atom. The first-order valence-corrected chi connectivity index (χ1v) is 7.84. The molecule has 3 heteroatoms. The Hall–Kier alpha value is -0.120. The minimum absolute atomic E-state index is 0.247. The first-order chi connectivity index (χ1) is 8.74. The van der Waals surface area contributed by atoms with Gasteiger partial charge in [-0.15, -0.1) is 0 Å². The Morgan fingerprint density at radius 2 is 1.94 bits per heavy atom. The van der Waals surface area contributed by atoms with Crippen LogP contribution in [0.5, 0.6) is 0 Å². The Kier molecular flexibility index (Phi) is 5.46. The topological polar surface area (TPSA) is 38.5 Å². The number of ether oxygens (including phenoxy) is 1. The molecule has 0 aromatic heterocycles. The molecule has 2 N–H and O–H groups in total. The fraction of sp³-hybridized carbons (Fsp3) is 1.00. The van der Waals surface area contributed by atoms with Crippen molar-refractivity contribution in [3.8, 4) is 0 Å². The quantitative estimate of drug-likeness (QED) is 0.836. The Morgan fingerprint density at radius 3 is 2.56 bits per heavy atom. The molecule has 0 spiro atoms. The van der Waals surface area contributed by atoms with Gasteiger partial charge >= 0.3 is 0 Å². The van der Waals surface area contributed by atoms with Gasteiger partial charge in [-0.1, -0.05) is 33.1 Å². The molecule has 1 heterocycles. The van der Waals surface area contributed by atoms with Gasteiger partial charge in [0.15, 0.2) is 0 Å². The van der Waals surface area contributed by atoms with E-state index in [9.17, 15) is 0 Å². The molecule has 2 fully saturated rings. The van der Waals surface area contributed by atoms with Crippen molar-refractivity contribution in [2.45, 2.75) is 58.1 Å². The summed E-state index contributed by atoms with van der Waals surface area (Å²) in [5, 5.41) is 0. The minimum atomic E-state index is 0.247. The monoisotopic (exact) mass is 254 g/mol. The maximum atomic E-state index is 6.48. The summed E-state index contributed by atoms with van der Waals surface area (Å²) in [5.74, 6) is 1.64. The zero-order chi connectivity index (χ0) is 13.0. The van der Waals surface area contributed by atoms with Gasteiger partial charge in [0.2, 0.25) is 0 Å². The second-order valence-corrected chi connectivity index (χ2v) is 6.07. The summed E-state index contributed by atoms with van der Waals surface area (Å²) in [4.78, 5) is 2.46. The standard InChI is InChI=1S/C15H30N2O/c1-3-12-5-7-13(8-6-12)15(16)14-11-17(4-2)9-10-18-14/h12-15H,3-11,16H2,1-2H3. The lowest BCUT2D eigenvalue weighted by Gasteiger charge is -2.40. The van der Waals surface area contributed by atoms with Crippen molar-refractivity contribution in [2.75, 3.05) is 26.2 Å². The fourth-order valence-corrected chi connectivity index (χ4v) is 3.54. The first-order valence-electron chi connectivity index (χ1n) is 7.84. The summed E-state index contributed by atoms with van der Waals surface area (Å²) >= 11 is 0. The average Bonchev–Trinajstić information content (AvgIpc) is 2.46. The molecule has 106 valence electrons. The van der Waals surface area contributed by atoms with Crippen LogP contribution in [0.2, 0.25) is 0 Å². The summed E-state index contributed by atoms with van der Waals surface area (Å²) in [6.07, 6.45) is 6.97. The van der Waals surface area contributed by atoms with Gasteiger partial charge in [-0.3, -0.25) is 4.90 Å². The molecule has 2 unspecified atom stereocenters. The third kappa shape index (κ3) is 3.46. The van der Waals surface area contributed by atoms with Gasteiger partial charge in [0.25, 0.3) is 0 Å². The molecule has 1 saturated carbocycles. The van der Waals surface area contributed by atoms with Crippen molar-refractivity contribution in [1.29, 1.82) is 0 Å². The van der Waals surface area contributed by atoms with E-state index in [1.54, 1.807) is 0 Å². The van der Waals surface area contributed by atoms with Gasteiger partial charge < -0.3 is 10.5 Å². The van der Waals surface area contributed by atoms with Gasteiger partial charge in [-0.2, -0.15) is 0 Å². The maximum absolute atomic E-state index is 6.48. The molecule has 1 saturated heterocycles. The van der Waals surface area contributed by atoms with E-state index in [4.69, 9.17) is 10.5 Å². The summed E-state index contributed by atoms with van der Waals surface area (Å²) in [6.45, 7) is 8.62. The van der Waals surface area contributed by atoms with Crippen LogP contribution in [0.15, 0.2) is 0 Å². The summed E-state index contributed by atoms with van der Waals surface area (Å²) < 4.78 is 5.91. The number of hydrogen-bond donors (Lipinski definition) is 1. The highest BCUT2D eigenvalue weighted by Gasteiger charge is 2.32. The van der Waals surface area contributed by atoms with Crippen LogP contribution in [0, 0.1) is 11.8 Å². The van der Waals surface area contributed by atoms with Crippen molar-refractivity contribution >= 4 is 0 Å². The number of hydrogen-bond acceptors (Lipinski definition) is 3. The zero-order valence-corrected chi connectivity index (χ0v) is 12.1. The lowest BCUT2D eigenvalue weighted by molar-refractivity contribution is -0.0514. The molecule has 1 aliphatic carbocycles. The highest BCUT2D eigenvalue weighted by atomic mass is 16.5. The number of morpholine rings is 1. The third-order valence-electron chi connectivity index (χ3n) is 5.07. The second kappa shape index (κ2) is 6.88. The zero-order valence-electron chi connectivity index (χ0n) is 12.1. The lowest BCUT2D eigenvalue weighted by atomic mass is 9.76. The lowest BCUT2D eigenvalue weighted by Crippen LogP contribution is -2.53.